The Balaban J connectivity index is 1.87. The summed E-state index contributed by atoms with van der Waals surface area (Å²) in [6, 6.07) is -4.26. The monoisotopic (exact) mass is 611 g/mol. The van der Waals surface area contributed by atoms with Crippen LogP contribution in [0.5, 0.6) is 0 Å². The van der Waals surface area contributed by atoms with Crippen LogP contribution in [-0.2, 0) is 23.7 Å². The molecular formula is C23H45N7O12. The van der Waals surface area contributed by atoms with Crippen LogP contribution in [0.25, 0.3) is 0 Å². The molecule has 3 fully saturated rings. The number of hydrogen-bond acceptors (Lipinski definition) is 16. The zero-order valence-corrected chi connectivity index (χ0v) is 23.1. The van der Waals surface area contributed by atoms with Gasteiger partial charge in [0.15, 0.2) is 18.5 Å². The van der Waals surface area contributed by atoms with Crippen LogP contribution in [0.2, 0.25) is 0 Å². The highest BCUT2D eigenvalue weighted by molar-refractivity contribution is 5.80. The Kier molecular flexibility index (Phi) is 12.2. The maximum atomic E-state index is 12.5. The van der Waals surface area contributed by atoms with Crippen molar-refractivity contribution in [2.75, 3.05) is 13.2 Å². The number of aliphatic hydroxyl groups is 7. The lowest BCUT2D eigenvalue weighted by Crippen LogP contribution is -2.69. The average molecular weight is 612 g/mol. The molecule has 16 atom stereocenters. The Morgan fingerprint density at radius 2 is 1.62 bits per heavy atom. The molecule has 19 heteroatoms. The first-order chi connectivity index (χ1) is 19.7. The molecule has 3 rings (SSSR count). The van der Waals surface area contributed by atoms with E-state index in [1.165, 1.54) is 6.92 Å². The molecule has 9 unspecified atom stereocenters. The van der Waals surface area contributed by atoms with Gasteiger partial charge in [0.1, 0.15) is 61.0 Å². The van der Waals surface area contributed by atoms with Crippen molar-refractivity contribution < 1.29 is 59.5 Å². The van der Waals surface area contributed by atoms with Crippen LogP contribution in [-0.4, -0.2) is 159 Å². The largest absolute Gasteiger partial charge is 0.394 e. The van der Waals surface area contributed by atoms with E-state index in [1.807, 2.05) is 0 Å². The van der Waals surface area contributed by atoms with Gasteiger partial charge in [-0.2, -0.15) is 0 Å². The molecule has 1 saturated carbocycles. The number of nitrogens with zero attached hydrogens (tertiary/aromatic N) is 1. The minimum Gasteiger partial charge on any atom is -0.394 e. The molecular weight excluding hydrogens is 566 g/mol. The summed E-state index contributed by atoms with van der Waals surface area (Å²) in [5.74, 6) is -1.11. The highest BCUT2D eigenvalue weighted by Crippen LogP contribution is 2.33. The molecule has 244 valence electrons. The molecule has 0 aromatic heterocycles. The lowest BCUT2D eigenvalue weighted by Gasteiger charge is -2.47. The first-order valence-electron chi connectivity index (χ1n) is 13.6. The molecule has 2 saturated heterocycles. The van der Waals surface area contributed by atoms with Crippen molar-refractivity contribution in [3.63, 3.8) is 0 Å². The topological polar surface area (TPSA) is 350 Å². The normalized spacial score (nSPS) is 43.9. The zero-order chi connectivity index (χ0) is 31.5. The van der Waals surface area contributed by atoms with Crippen molar-refractivity contribution in [1.29, 1.82) is 0 Å². The molecule has 19 nitrogen and oxygen atoms in total. The smallest absolute Gasteiger partial charge is 0.249 e. The second-order valence-corrected chi connectivity index (χ2v) is 10.8. The van der Waals surface area contributed by atoms with E-state index in [-0.39, 0.29) is 25.3 Å². The zero-order valence-electron chi connectivity index (χ0n) is 23.1. The molecule has 0 spiro atoms. The van der Waals surface area contributed by atoms with Crippen LogP contribution >= 0.6 is 0 Å². The third-order valence-corrected chi connectivity index (χ3v) is 7.69. The van der Waals surface area contributed by atoms with Crippen LogP contribution < -0.4 is 34.0 Å². The molecule has 0 aromatic carbocycles. The number of carbonyl (C=O) groups excluding carboxylic acids is 1. The number of nitrogens with two attached hydrogens (primary N) is 5. The van der Waals surface area contributed by atoms with Crippen molar-refractivity contribution in [1.82, 2.24) is 5.32 Å². The molecule has 2 heterocycles. The van der Waals surface area contributed by atoms with Gasteiger partial charge in [-0.1, -0.05) is 0 Å². The molecule has 0 radical (unpaired) electrons. The van der Waals surface area contributed by atoms with Gasteiger partial charge < -0.3 is 88.7 Å². The Morgan fingerprint density at radius 1 is 0.976 bits per heavy atom. The third kappa shape index (κ3) is 7.63. The lowest BCUT2D eigenvalue weighted by molar-refractivity contribution is -0.310. The van der Waals surface area contributed by atoms with E-state index in [0.29, 0.717) is 0 Å². The first kappa shape index (κ1) is 34.7. The van der Waals surface area contributed by atoms with E-state index in [4.69, 9.17) is 47.6 Å². The summed E-state index contributed by atoms with van der Waals surface area (Å²) >= 11 is 0. The van der Waals surface area contributed by atoms with Gasteiger partial charge in [0, 0.05) is 6.04 Å². The van der Waals surface area contributed by atoms with Crippen molar-refractivity contribution in [3.8, 4) is 0 Å². The Labute approximate surface area is 241 Å². The van der Waals surface area contributed by atoms with E-state index in [9.17, 15) is 40.5 Å². The van der Waals surface area contributed by atoms with Gasteiger partial charge >= 0.3 is 0 Å². The van der Waals surface area contributed by atoms with Gasteiger partial charge in [0.25, 0.3) is 0 Å². The van der Waals surface area contributed by atoms with Crippen LogP contribution in [0.3, 0.4) is 0 Å². The average Bonchev–Trinajstić information content (AvgIpc) is 3.21. The van der Waals surface area contributed by atoms with Crippen molar-refractivity contribution in [2.45, 2.75) is 118 Å². The van der Waals surface area contributed by atoms with Crippen molar-refractivity contribution >= 4 is 11.9 Å². The van der Waals surface area contributed by atoms with Gasteiger partial charge in [-0.25, -0.2) is 4.99 Å². The molecule has 1 aliphatic carbocycles. The SMILES string of the molecule is C[C@@H](N=C(N)N)[C@H]1O[C@@H](OC2C(O)[C@H](NC(=O)C(O)CCN)CC(N)[C@H]2O[C@H]2OC(CO)[C@@H](O)C(O)C2N)C(O)C1O. The van der Waals surface area contributed by atoms with Gasteiger partial charge in [0.05, 0.1) is 24.7 Å². The molecule has 42 heavy (non-hydrogen) atoms. The Bertz CT molecular complexity index is 917. The summed E-state index contributed by atoms with van der Waals surface area (Å²) in [7, 11) is 0. The number of aliphatic hydroxyl groups excluding tert-OH is 7. The highest BCUT2D eigenvalue weighted by atomic mass is 16.7. The fourth-order valence-electron chi connectivity index (χ4n) is 5.31. The summed E-state index contributed by atoms with van der Waals surface area (Å²) in [6.07, 6.45) is -17.7. The number of rotatable bonds is 11. The second-order valence-electron chi connectivity index (χ2n) is 10.8. The van der Waals surface area contributed by atoms with Crippen LogP contribution in [0, 0.1) is 0 Å². The first-order valence-corrected chi connectivity index (χ1v) is 13.6. The van der Waals surface area contributed by atoms with Gasteiger partial charge in [-0.15, -0.1) is 0 Å². The number of carbonyl (C=O) groups is 1. The molecule has 1 amide bonds. The maximum Gasteiger partial charge on any atom is 0.249 e. The van der Waals surface area contributed by atoms with Crippen LogP contribution in [0.4, 0.5) is 0 Å². The van der Waals surface area contributed by atoms with Crippen LogP contribution in [0.15, 0.2) is 4.99 Å². The molecule has 0 bridgehead atoms. The van der Waals surface area contributed by atoms with Crippen LogP contribution in [0.1, 0.15) is 19.8 Å². The van der Waals surface area contributed by atoms with E-state index in [2.05, 4.69) is 10.3 Å². The Hall–Kier alpha value is -1.82. The second kappa shape index (κ2) is 14.8. The predicted octanol–water partition coefficient (Wildman–Crippen LogP) is -8.08. The van der Waals surface area contributed by atoms with E-state index < -0.39 is 110 Å². The highest BCUT2D eigenvalue weighted by Gasteiger charge is 2.53. The number of guanidine groups is 1. The lowest BCUT2D eigenvalue weighted by atomic mass is 9.83. The standard InChI is InChI=1S/C23H45N7O12/c1-6(29-23(27)28)17-15(36)16(37)22(40-17)42-19-12(33)8(30-20(38)9(32)2-3-24)4-7(25)18(19)41-21-11(26)14(35)13(34)10(5-31)39-21/h6-19,21-22,31-37H,2-5,24-26H2,1H3,(H,30,38)(H4,27,28,29)/t6-,7?,8-,9?,10?,11?,12?,13-,14?,15?,16?,17-,18-,19?,21-,22+/m1/s1. The van der Waals surface area contributed by atoms with Crippen molar-refractivity contribution in [2.24, 2.45) is 33.7 Å². The summed E-state index contributed by atoms with van der Waals surface area (Å²) in [5.41, 5.74) is 28.6. The number of nitrogens with one attached hydrogen (secondary N) is 1. The number of hydrogen-bond donors (Lipinski definition) is 13. The summed E-state index contributed by atoms with van der Waals surface area (Å²) in [6.45, 7) is 0.870. The number of amides is 1. The Morgan fingerprint density at radius 3 is 2.21 bits per heavy atom. The van der Waals surface area contributed by atoms with Gasteiger partial charge in [-0.3, -0.25) is 4.79 Å². The third-order valence-electron chi connectivity index (χ3n) is 7.69. The minimum atomic E-state index is -1.65. The quantitative estimate of drug-likeness (QED) is 0.0761. The van der Waals surface area contributed by atoms with E-state index >= 15 is 0 Å². The number of ether oxygens (including phenoxy) is 4. The molecule has 3 aliphatic rings. The summed E-state index contributed by atoms with van der Waals surface area (Å²) < 4.78 is 23.1. The number of aliphatic imine (C=N–C) groups is 1. The summed E-state index contributed by atoms with van der Waals surface area (Å²) in [4.78, 5) is 16.4. The fourth-order valence-corrected chi connectivity index (χ4v) is 5.31. The molecule has 2 aliphatic heterocycles. The predicted molar refractivity (Wildman–Crippen MR) is 142 cm³/mol. The maximum absolute atomic E-state index is 12.5. The summed E-state index contributed by atoms with van der Waals surface area (Å²) in [5, 5.41) is 75.2. The van der Waals surface area contributed by atoms with Gasteiger partial charge in [-0.05, 0) is 26.3 Å². The molecule has 0 aromatic rings. The minimum absolute atomic E-state index is 0.0265. The van der Waals surface area contributed by atoms with Gasteiger partial charge in [0.2, 0.25) is 5.91 Å². The van der Waals surface area contributed by atoms with Crippen molar-refractivity contribution in [3.05, 3.63) is 0 Å². The fraction of sp³-hybridized carbons (Fsp3) is 0.913. The van der Waals surface area contributed by atoms with E-state index in [1.54, 1.807) is 0 Å². The van der Waals surface area contributed by atoms with E-state index in [0.717, 1.165) is 0 Å². The molecule has 18 N–H and O–H groups in total.